The third-order valence-corrected chi connectivity index (χ3v) is 11.4. The van der Waals surface area contributed by atoms with Gasteiger partial charge in [0.05, 0.1) is 13.1 Å². The molecule has 1 rings (SSSR count). The highest BCUT2D eigenvalue weighted by molar-refractivity contribution is 5.75. The standard InChI is InChI=1S/C46H91N3O/c1-3-5-7-9-11-13-15-17-19-21-22-24-26-28-30-32-34-36-38-40-46(50)48-42-44-49-43-41-47-45(49)39-37-35-33-31-29-27-25-23-20-18-16-14-12-10-8-6-4-2/h43,45,47H,3-42,44H2,1-2H3/p+1. The second-order valence-electron chi connectivity index (χ2n) is 16.3. The lowest BCUT2D eigenvalue weighted by Gasteiger charge is -2.12. The van der Waals surface area contributed by atoms with Crippen molar-refractivity contribution in [2.45, 2.75) is 264 Å². The first kappa shape index (κ1) is 47.1. The fraction of sp³-hybridized carbons (Fsp3) is 0.957. The summed E-state index contributed by atoms with van der Waals surface area (Å²) in [5, 5.41) is 6.83. The summed E-state index contributed by atoms with van der Waals surface area (Å²) in [6.45, 7) is 7.27. The quantitative estimate of drug-likeness (QED) is 0.0492. The van der Waals surface area contributed by atoms with Crippen LogP contribution in [0.3, 0.4) is 0 Å². The first-order chi connectivity index (χ1) is 24.8. The summed E-state index contributed by atoms with van der Waals surface area (Å²) >= 11 is 0. The van der Waals surface area contributed by atoms with Gasteiger partial charge in [-0.3, -0.25) is 4.79 Å². The Bertz CT molecular complexity index is 722. The van der Waals surface area contributed by atoms with Crippen LogP contribution in [0.2, 0.25) is 0 Å². The highest BCUT2D eigenvalue weighted by Gasteiger charge is 2.24. The highest BCUT2D eigenvalue weighted by atomic mass is 16.1. The minimum atomic E-state index is 0.244. The SMILES string of the molecule is CCCCCCCCCCCCCCCCCCCCCC(=O)NCC[N+]1=CCNC1CCCCCCCCCCCCCCCCCCC. The van der Waals surface area contributed by atoms with Gasteiger partial charge in [0, 0.05) is 12.8 Å². The summed E-state index contributed by atoms with van der Waals surface area (Å²) in [6.07, 6.45) is 55.3. The Hall–Kier alpha value is -0.900. The molecule has 0 spiro atoms. The summed E-state index contributed by atoms with van der Waals surface area (Å²) in [5.41, 5.74) is 0. The third-order valence-electron chi connectivity index (χ3n) is 11.4. The van der Waals surface area contributed by atoms with Gasteiger partial charge in [0.2, 0.25) is 12.1 Å². The van der Waals surface area contributed by atoms with E-state index in [1.807, 2.05) is 0 Å². The number of hydrogen-bond donors (Lipinski definition) is 2. The number of carbonyl (C=O) groups is 1. The van der Waals surface area contributed by atoms with E-state index < -0.39 is 0 Å². The molecule has 0 aromatic carbocycles. The number of amides is 1. The summed E-state index contributed by atoms with van der Waals surface area (Å²) in [7, 11) is 0. The predicted octanol–water partition coefficient (Wildman–Crippen LogP) is 14.0. The Morgan fingerprint density at radius 3 is 1.18 bits per heavy atom. The Labute approximate surface area is 315 Å². The molecule has 0 aromatic rings. The topological polar surface area (TPSA) is 44.1 Å². The first-order valence-electron chi connectivity index (χ1n) is 23.4. The second-order valence-corrected chi connectivity index (χ2v) is 16.3. The molecule has 1 unspecified atom stereocenters. The summed E-state index contributed by atoms with van der Waals surface area (Å²) in [5.74, 6) is 0.244. The van der Waals surface area contributed by atoms with Gasteiger partial charge in [-0.05, 0) is 12.8 Å². The maximum Gasteiger partial charge on any atom is 0.220 e. The van der Waals surface area contributed by atoms with Gasteiger partial charge in [0.1, 0.15) is 0 Å². The smallest absolute Gasteiger partial charge is 0.220 e. The molecule has 1 amide bonds. The third kappa shape index (κ3) is 33.0. The van der Waals surface area contributed by atoms with Gasteiger partial charge in [-0.25, -0.2) is 9.89 Å². The van der Waals surface area contributed by atoms with Crippen molar-refractivity contribution < 1.29 is 9.37 Å². The zero-order valence-corrected chi connectivity index (χ0v) is 34.5. The Kier molecular flexibility index (Phi) is 37.0. The van der Waals surface area contributed by atoms with E-state index in [9.17, 15) is 4.79 Å². The van der Waals surface area contributed by atoms with E-state index in [-0.39, 0.29) is 5.91 Å². The molecule has 0 saturated carbocycles. The van der Waals surface area contributed by atoms with Crippen LogP contribution < -0.4 is 10.6 Å². The average Bonchev–Trinajstić information content (AvgIpc) is 3.57. The number of nitrogens with one attached hydrogen (secondary N) is 2. The molecule has 1 heterocycles. The van der Waals surface area contributed by atoms with Crippen molar-refractivity contribution in [3.63, 3.8) is 0 Å². The van der Waals surface area contributed by atoms with Gasteiger partial charge in [-0.2, -0.15) is 0 Å². The molecular formula is C46H92N3O+. The molecule has 0 saturated heterocycles. The molecule has 0 aliphatic carbocycles. The van der Waals surface area contributed by atoms with Crippen LogP contribution in [-0.4, -0.2) is 42.5 Å². The lowest BCUT2D eigenvalue weighted by atomic mass is 10.0. The molecule has 1 aliphatic heterocycles. The van der Waals surface area contributed by atoms with Crippen molar-refractivity contribution in [1.82, 2.24) is 10.6 Å². The zero-order chi connectivity index (χ0) is 35.8. The van der Waals surface area contributed by atoms with Crippen molar-refractivity contribution in [2.75, 3.05) is 19.6 Å². The van der Waals surface area contributed by atoms with Crippen LogP contribution in [-0.2, 0) is 4.79 Å². The maximum atomic E-state index is 12.4. The average molecular weight is 703 g/mol. The minimum Gasteiger partial charge on any atom is -0.350 e. The van der Waals surface area contributed by atoms with Gasteiger partial charge >= 0.3 is 0 Å². The molecule has 0 aromatic heterocycles. The van der Waals surface area contributed by atoms with Crippen molar-refractivity contribution in [3.05, 3.63) is 0 Å². The number of carbonyl (C=O) groups excluding carboxylic acids is 1. The van der Waals surface area contributed by atoms with Crippen molar-refractivity contribution >= 4 is 12.1 Å². The summed E-state index contributed by atoms with van der Waals surface area (Å²) < 4.78 is 2.43. The fourth-order valence-electron chi connectivity index (χ4n) is 7.90. The lowest BCUT2D eigenvalue weighted by molar-refractivity contribution is -0.558. The normalized spacial score (nSPS) is 14.4. The van der Waals surface area contributed by atoms with E-state index in [0.717, 1.165) is 26.1 Å². The monoisotopic (exact) mass is 703 g/mol. The molecule has 1 atom stereocenters. The predicted molar refractivity (Wildman–Crippen MR) is 223 cm³/mol. The minimum absolute atomic E-state index is 0.244. The van der Waals surface area contributed by atoms with E-state index in [1.54, 1.807) is 0 Å². The van der Waals surface area contributed by atoms with E-state index >= 15 is 0 Å². The summed E-state index contributed by atoms with van der Waals surface area (Å²) in [4.78, 5) is 12.4. The highest BCUT2D eigenvalue weighted by Crippen LogP contribution is 2.17. The fourth-order valence-corrected chi connectivity index (χ4v) is 7.90. The van der Waals surface area contributed by atoms with Crippen LogP contribution in [0.4, 0.5) is 0 Å². The van der Waals surface area contributed by atoms with Gasteiger partial charge < -0.3 is 5.32 Å². The molecule has 4 nitrogen and oxygen atoms in total. The maximum absolute atomic E-state index is 12.4. The lowest BCUT2D eigenvalue weighted by Crippen LogP contribution is -2.37. The molecular weight excluding hydrogens is 611 g/mol. The van der Waals surface area contributed by atoms with Crippen LogP contribution in [0, 0.1) is 0 Å². The zero-order valence-electron chi connectivity index (χ0n) is 34.5. The van der Waals surface area contributed by atoms with Crippen LogP contribution in [0.1, 0.15) is 258 Å². The van der Waals surface area contributed by atoms with E-state index in [1.165, 1.54) is 231 Å². The summed E-state index contributed by atoms with van der Waals surface area (Å²) in [6, 6.07) is 0. The van der Waals surface area contributed by atoms with Crippen molar-refractivity contribution in [2.24, 2.45) is 0 Å². The molecule has 1 aliphatic rings. The van der Waals surface area contributed by atoms with E-state index in [4.69, 9.17) is 0 Å². The number of hydrogen-bond acceptors (Lipinski definition) is 2. The van der Waals surface area contributed by atoms with Crippen LogP contribution >= 0.6 is 0 Å². The largest absolute Gasteiger partial charge is 0.350 e. The number of nitrogens with zero attached hydrogens (tertiary/aromatic N) is 1. The van der Waals surface area contributed by atoms with Crippen LogP contribution in [0.25, 0.3) is 0 Å². The van der Waals surface area contributed by atoms with E-state index in [2.05, 4.69) is 35.3 Å². The molecule has 0 radical (unpaired) electrons. The van der Waals surface area contributed by atoms with Crippen molar-refractivity contribution in [3.8, 4) is 0 Å². The number of unbranched alkanes of at least 4 members (excludes halogenated alkanes) is 34. The van der Waals surface area contributed by atoms with Crippen LogP contribution in [0.15, 0.2) is 0 Å². The van der Waals surface area contributed by atoms with Gasteiger partial charge in [-0.1, -0.05) is 232 Å². The Morgan fingerprint density at radius 2 is 0.820 bits per heavy atom. The molecule has 50 heavy (non-hydrogen) atoms. The number of rotatable bonds is 41. The van der Waals surface area contributed by atoms with E-state index in [0.29, 0.717) is 12.6 Å². The molecule has 0 fully saturated rings. The first-order valence-corrected chi connectivity index (χ1v) is 23.4. The molecule has 0 bridgehead atoms. The molecule has 4 heteroatoms. The Morgan fingerprint density at radius 1 is 0.500 bits per heavy atom. The molecule has 2 N–H and O–H groups in total. The Balaban J connectivity index is 1.81. The van der Waals surface area contributed by atoms with Gasteiger partial charge in [0.15, 0.2) is 12.8 Å². The van der Waals surface area contributed by atoms with Gasteiger partial charge in [0.25, 0.3) is 0 Å². The second kappa shape index (κ2) is 39.3. The molecule has 296 valence electrons. The van der Waals surface area contributed by atoms with Crippen LogP contribution in [0.5, 0.6) is 0 Å². The van der Waals surface area contributed by atoms with Crippen molar-refractivity contribution in [1.29, 1.82) is 0 Å². The van der Waals surface area contributed by atoms with Gasteiger partial charge in [-0.15, -0.1) is 0 Å².